The highest BCUT2D eigenvalue weighted by Crippen LogP contribution is 2.45. The zero-order valence-corrected chi connectivity index (χ0v) is 18.9. The summed E-state index contributed by atoms with van der Waals surface area (Å²) < 4.78 is 0. The summed E-state index contributed by atoms with van der Waals surface area (Å²) in [7, 11) is 0. The van der Waals surface area contributed by atoms with Crippen molar-refractivity contribution in [2.24, 2.45) is 0 Å². The van der Waals surface area contributed by atoms with E-state index in [2.05, 4.69) is 114 Å². The summed E-state index contributed by atoms with van der Waals surface area (Å²) >= 11 is 0. The van der Waals surface area contributed by atoms with Crippen molar-refractivity contribution in [3.05, 3.63) is 83.9 Å². The molecule has 0 aromatic heterocycles. The summed E-state index contributed by atoms with van der Waals surface area (Å²) in [5.41, 5.74) is 5.77. The Hall–Kier alpha value is -2.86. The molecule has 0 nitrogen and oxygen atoms in total. The molecule has 0 saturated heterocycles. The van der Waals surface area contributed by atoms with Gasteiger partial charge in [0.05, 0.1) is 0 Å². The quantitative estimate of drug-likeness (QED) is 0.251. The molecule has 0 aliphatic carbocycles. The van der Waals surface area contributed by atoms with Gasteiger partial charge in [0, 0.05) is 0 Å². The lowest BCUT2D eigenvalue weighted by molar-refractivity contribution is 0.531. The van der Waals surface area contributed by atoms with Crippen LogP contribution in [0.5, 0.6) is 0 Å². The van der Waals surface area contributed by atoms with Gasteiger partial charge in [-0.1, -0.05) is 108 Å². The van der Waals surface area contributed by atoms with Gasteiger partial charge in [-0.05, 0) is 71.5 Å². The summed E-state index contributed by atoms with van der Waals surface area (Å²) in [5, 5.41) is 8.11. The molecule has 0 radical (unpaired) electrons. The normalized spacial score (nSPS) is 13.0. The third kappa shape index (κ3) is 2.82. The minimum atomic E-state index is 0.0525. The topological polar surface area (TPSA) is 0 Å². The van der Waals surface area contributed by atoms with Crippen LogP contribution in [-0.4, -0.2) is 0 Å². The Kier molecular flexibility index (Phi) is 4.03. The molecule has 5 aromatic rings. The Morgan fingerprint density at radius 1 is 0.500 bits per heavy atom. The first-order valence-corrected chi connectivity index (χ1v) is 11.0. The molecule has 0 bridgehead atoms. The largest absolute Gasteiger partial charge is 0.0613 e. The van der Waals surface area contributed by atoms with Gasteiger partial charge < -0.3 is 0 Å². The van der Waals surface area contributed by atoms with Crippen molar-refractivity contribution < 1.29 is 0 Å². The fourth-order valence-electron chi connectivity index (χ4n) is 5.19. The minimum Gasteiger partial charge on any atom is -0.0613 e. The molecule has 0 spiro atoms. The Balaban J connectivity index is 1.98. The molecular formula is C30H30. The van der Waals surface area contributed by atoms with Crippen LogP contribution in [0.15, 0.2) is 72.8 Å². The lowest BCUT2D eigenvalue weighted by atomic mass is 9.71. The van der Waals surface area contributed by atoms with Crippen LogP contribution in [0.1, 0.15) is 52.7 Å². The van der Waals surface area contributed by atoms with E-state index in [1.165, 1.54) is 54.6 Å². The molecule has 0 aliphatic heterocycles. The van der Waals surface area contributed by atoms with Crippen molar-refractivity contribution in [1.82, 2.24) is 0 Å². The molecule has 0 aliphatic rings. The molecule has 0 saturated carbocycles. The van der Waals surface area contributed by atoms with Crippen molar-refractivity contribution in [3.8, 4) is 11.1 Å². The first-order valence-electron chi connectivity index (χ1n) is 11.0. The molecule has 5 aromatic carbocycles. The van der Waals surface area contributed by atoms with Gasteiger partial charge >= 0.3 is 0 Å². The highest BCUT2D eigenvalue weighted by atomic mass is 14.3. The highest BCUT2D eigenvalue weighted by Gasteiger charge is 2.28. The average molecular weight is 391 g/mol. The smallest absolute Gasteiger partial charge is 0.00206 e. The summed E-state index contributed by atoms with van der Waals surface area (Å²) in [6.45, 7) is 14.0. The fraction of sp³-hybridized carbons (Fsp3) is 0.267. The highest BCUT2D eigenvalue weighted by molar-refractivity contribution is 6.26. The molecule has 150 valence electrons. The second kappa shape index (κ2) is 6.32. The molecular weight excluding hydrogens is 360 g/mol. The van der Waals surface area contributed by atoms with E-state index in [4.69, 9.17) is 0 Å². The molecule has 5 rings (SSSR count). The number of hydrogen-bond acceptors (Lipinski definition) is 0. The van der Waals surface area contributed by atoms with Gasteiger partial charge in [-0.3, -0.25) is 0 Å². The number of hydrogen-bond donors (Lipinski definition) is 0. The maximum absolute atomic E-state index is 2.42. The van der Waals surface area contributed by atoms with Gasteiger partial charge in [-0.15, -0.1) is 0 Å². The van der Waals surface area contributed by atoms with Crippen LogP contribution in [0.4, 0.5) is 0 Å². The monoisotopic (exact) mass is 390 g/mol. The van der Waals surface area contributed by atoms with E-state index in [0.29, 0.717) is 0 Å². The van der Waals surface area contributed by atoms with Crippen LogP contribution < -0.4 is 0 Å². The zero-order valence-electron chi connectivity index (χ0n) is 18.9. The maximum atomic E-state index is 2.42. The van der Waals surface area contributed by atoms with Gasteiger partial charge in [0.15, 0.2) is 0 Å². The van der Waals surface area contributed by atoms with Gasteiger partial charge in [0.1, 0.15) is 0 Å². The van der Waals surface area contributed by atoms with E-state index < -0.39 is 0 Å². The van der Waals surface area contributed by atoms with E-state index >= 15 is 0 Å². The zero-order chi connectivity index (χ0) is 21.3. The molecule has 0 heteroatoms. The van der Waals surface area contributed by atoms with Gasteiger partial charge in [-0.25, -0.2) is 0 Å². The summed E-state index contributed by atoms with van der Waals surface area (Å²) in [6.07, 6.45) is 0. The van der Waals surface area contributed by atoms with Crippen LogP contribution in [0.2, 0.25) is 0 Å². The fourth-order valence-corrected chi connectivity index (χ4v) is 5.19. The number of benzene rings is 5. The average Bonchev–Trinajstić information content (AvgIpc) is 2.70. The first kappa shape index (κ1) is 19.1. The summed E-state index contributed by atoms with van der Waals surface area (Å²) in [4.78, 5) is 0. The SMILES string of the molecule is CC(C)(C)c1cccc(-c2cc3cccc4ccc5cccc2c5c43)c1C(C)(C)C. The van der Waals surface area contributed by atoms with Crippen molar-refractivity contribution in [1.29, 1.82) is 0 Å². The Bertz CT molecular complexity index is 1390. The van der Waals surface area contributed by atoms with Crippen LogP contribution in [-0.2, 0) is 10.8 Å². The third-order valence-corrected chi connectivity index (χ3v) is 6.42. The molecule has 0 heterocycles. The standard InChI is InChI=1S/C30H30/c1-29(2,3)25-15-9-14-23(28(25)30(4,5)6)24-18-21-12-7-10-19-16-17-20-11-8-13-22(24)27(20)26(19)21/h7-18H,1-6H3. The van der Waals surface area contributed by atoms with E-state index in [1.54, 1.807) is 0 Å². The van der Waals surface area contributed by atoms with E-state index in [1.807, 2.05) is 0 Å². The molecule has 0 amide bonds. The summed E-state index contributed by atoms with van der Waals surface area (Å²) in [5.74, 6) is 0. The molecule has 0 fully saturated rings. The lowest BCUT2D eigenvalue weighted by Gasteiger charge is -2.33. The predicted molar refractivity (Wildman–Crippen MR) is 133 cm³/mol. The van der Waals surface area contributed by atoms with Crippen LogP contribution in [0.25, 0.3) is 43.4 Å². The summed E-state index contributed by atoms with van der Waals surface area (Å²) in [6, 6.07) is 27.3. The van der Waals surface area contributed by atoms with E-state index in [-0.39, 0.29) is 10.8 Å². The van der Waals surface area contributed by atoms with Crippen molar-refractivity contribution in [3.63, 3.8) is 0 Å². The second-order valence-electron chi connectivity index (χ2n) is 10.7. The van der Waals surface area contributed by atoms with E-state index in [0.717, 1.165) is 0 Å². The van der Waals surface area contributed by atoms with Crippen molar-refractivity contribution >= 4 is 32.3 Å². The van der Waals surface area contributed by atoms with Crippen molar-refractivity contribution in [2.75, 3.05) is 0 Å². The second-order valence-corrected chi connectivity index (χ2v) is 10.7. The Morgan fingerprint density at radius 2 is 1.10 bits per heavy atom. The van der Waals surface area contributed by atoms with Crippen LogP contribution in [0.3, 0.4) is 0 Å². The maximum Gasteiger partial charge on any atom is -0.00206 e. The van der Waals surface area contributed by atoms with Crippen LogP contribution in [0, 0.1) is 0 Å². The Morgan fingerprint density at radius 3 is 1.77 bits per heavy atom. The van der Waals surface area contributed by atoms with Crippen LogP contribution >= 0.6 is 0 Å². The van der Waals surface area contributed by atoms with Gasteiger partial charge in [0.25, 0.3) is 0 Å². The Labute approximate surface area is 179 Å². The molecule has 0 N–H and O–H groups in total. The molecule has 30 heavy (non-hydrogen) atoms. The first-order chi connectivity index (χ1) is 14.2. The van der Waals surface area contributed by atoms with Gasteiger partial charge in [0.2, 0.25) is 0 Å². The van der Waals surface area contributed by atoms with Gasteiger partial charge in [-0.2, -0.15) is 0 Å². The van der Waals surface area contributed by atoms with E-state index in [9.17, 15) is 0 Å². The predicted octanol–water partition coefficient (Wildman–Crippen LogP) is 8.85. The molecule has 0 unspecified atom stereocenters. The minimum absolute atomic E-state index is 0.0525. The van der Waals surface area contributed by atoms with Crippen molar-refractivity contribution in [2.45, 2.75) is 52.4 Å². The number of rotatable bonds is 1. The third-order valence-electron chi connectivity index (χ3n) is 6.42. The lowest BCUT2D eigenvalue weighted by Crippen LogP contribution is -2.23. The molecule has 0 atom stereocenters.